The topological polar surface area (TPSA) is 82.8 Å². The molecule has 3 aromatic heterocycles. The van der Waals surface area contributed by atoms with Gasteiger partial charge in [-0.15, -0.1) is 34.0 Å². The van der Waals surface area contributed by atoms with Crippen LogP contribution in [0.5, 0.6) is 11.5 Å². The largest absolute Gasteiger partial charge is 0.485 e. The van der Waals surface area contributed by atoms with E-state index in [2.05, 4.69) is 154 Å². The predicted molar refractivity (Wildman–Crippen MR) is 250 cm³/mol. The lowest BCUT2D eigenvalue weighted by Crippen LogP contribution is -2.18. The van der Waals surface area contributed by atoms with Gasteiger partial charge in [0.15, 0.2) is 11.5 Å². The molecule has 8 aromatic rings. The fourth-order valence-electron chi connectivity index (χ4n) is 9.48. The quantitative estimate of drug-likeness (QED) is 0.127. The van der Waals surface area contributed by atoms with Crippen molar-refractivity contribution in [3.63, 3.8) is 0 Å². The number of hydrogen-bond acceptors (Lipinski definition) is 8. The van der Waals surface area contributed by atoms with Crippen molar-refractivity contribution in [1.82, 2.24) is 0 Å². The molecule has 61 heavy (non-hydrogen) atoms. The second-order valence-electron chi connectivity index (χ2n) is 16.8. The number of carbonyl (C=O) groups is 1. The van der Waals surface area contributed by atoms with Crippen molar-refractivity contribution in [2.75, 3.05) is 18.1 Å². The zero-order valence-corrected chi connectivity index (χ0v) is 36.3. The van der Waals surface area contributed by atoms with Gasteiger partial charge >= 0.3 is 5.97 Å². The molecule has 2 aliphatic carbocycles. The Labute approximate surface area is 365 Å². The van der Waals surface area contributed by atoms with Crippen molar-refractivity contribution < 1.29 is 19.4 Å². The fraction of sp³-hybridized carbons (Fsp3) is 0.154. The zero-order chi connectivity index (χ0) is 41.8. The molecule has 0 saturated heterocycles. The molecular weight excluding hydrogens is 813 g/mol. The van der Waals surface area contributed by atoms with E-state index in [0.717, 1.165) is 41.8 Å². The van der Waals surface area contributed by atoms with Gasteiger partial charge < -0.3 is 19.5 Å². The molecule has 9 heteroatoms. The number of carboxylic acid groups (broad SMARTS) is 1. The van der Waals surface area contributed by atoms with Crippen LogP contribution in [0.3, 0.4) is 0 Å². The van der Waals surface area contributed by atoms with Crippen LogP contribution in [0.2, 0.25) is 0 Å². The highest BCUT2D eigenvalue weighted by molar-refractivity contribution is 7.32. The van der Waals surface area contributed by atoms with E-state index in [1.54, 1.807) is 28.7 Å². The van der Waals surface area contributed by atoms with Crippen LogP contribution in [0, 0.1) is 11.3 Å². The Morgan fingerprint density at radius 2 is 1.15 bits per heavy atom. The number of anilines is 3. The number of carboxylic acids is 1. The minimum absolute atomic E-state index is 0.130. The Balaban J connectivity index is 0.966. The molecule has 0 bridgehead atoms. The molecule has 0 atom stereocenters. The van der Waals surface area contributed by atoms with Crippen LogP contribution in [0.15, 0.2) is 127 Å². The fourth-order valence-corrected chi connectivity index (χ4v) is 13.1. The summed E-state index contributed by atoms with van der Waals surface area (Å²) in [5.74, 6) is -0.174. The monoisotopic (exact) mass is 850 g/mol. The lowest BCUT2D eigenvalue weighted by atomic mass is 9.82. The highest BCUT2D eigenvalue weighted by Gasteiger charge is 2.38. The molecule has 0 radical (unpaired) electrons. The van der Waals surface area contributed by atoms with E-state index in [1.165, 1.54) is 66.8 Å². The first-order chi connectivity index (χ1) is 29.5. The standard InChI is InChI=1S/C52H38N2O4S3/c1-51(2)38-11-7-5-9-34(38)36-19-17-32(24-40(36)51)54(33-18-20-37-35-10-6-8-12-39(35)52(3,4)41(37)25-33)31-15-13-29(14-16-31)42-26-43-44(59-42)27-46(60-43)49-48-47(57-21-22-58-48)45(61-49)23-30(28-53)50(55)56/h5-20,23-27H,21-22H2,1-4H3,(H,55,56)/b30-23+. The number of rotatable bonds is 7. The average Bonchev–Trinajstić information content (AvgIpc) is 4.06. The summed E-state index contributed by atoms with van der Waals surface area (Å²) in [4.78, 5) is 17.7. The Morgan fingerprint density at radius 1 is 0.639 bits per heavy atom. The van der Waals surface area contributed by atoms with Crippen molar-refractivity contribution >= 4 is 72.5 Å². The molecule has 0 amide bonds. The second-order valence-corrected chi connectivity index (χ2v) is 20.0. The Kier molecular flexibility index (Phi) is 8.49. The Hall–Kier alpha value is -6.44. The lowest BCUT2D eigenvalue weighted by Gasteiger charge is -2.30. The number of nitriles is 1. The van der Waals surface area contributed by atoms with Gasteiger partial charge in [-0.1, -0.05) is 100 Å². The van der Waals surface area contributed by atoms with Gasteiger partial charge in [-0.3, -0.25) is 0 Å². The van der Waals surface area contributed by atoms with Gasteiger partial charge in [0.2, 0.25) is 0 Å². The maximum atomic E-state index is 11.6. The number of thiophene rings is 3. The zero-order valence-electron chi connectivity index (χ0n) is 33.8. The Bertz CT molecular complexity index is 3070. The van der Waals surface area contributed by atoms with Gasteiger partial charge in [-0.2, -0.15) is 5.26 Å². The maximum Gasteiger partial charge on any atom is 0.346 e. The molecule has 0 fully saturated rings. The maximum absolute atomic E-state index is 11.6. The summed E-state index contributed by atoms with van der Waals surface area (Å²) in [5, 5.41) is 18.9. The highest BCUT2D eigenvalue weighted by atomic mass is 32.1. The second kappa shape index (κ2) is 13.8. The van der Waals surface area contributed by atoms with E-state index in [4.69, 9.17) is 9.47 Å². The van der Waals surface area contributed by atoms with Crippen LogP contribution >= 0.6 is 34.0 Å². The number of fused-ring (bicyclic) bond motifs is 8. The van der Waals surface area contributed by atoms with E-state index in [1.807, 2.05) is 0 Å². The lowest BCUT2D eigenvalue weighted by molar-refractivity contribution is -0.132. The van der Waals surface area contributed by atoms with E-state index in [-0.39, 0.29) is 16.4 Å². The van der Waals surface area contributed by atoms with Crippen molar-refractivity contribution in [2.24, 2.45) is 0 Å². The van der Waals surface area contributed by atoms with Crippen LogP contribution in [-0.2, 0) is 15.6 Å². The SMILES string of the molecule is CC1(C)c2ccccc2-c2ccc(N(c3ccc(-c4cc5sc(-c6sc(/C=C(\C#N)C(=O)O)c7c6OCCO7)cc5s4)cc3)c3ccc4c(c3)C(C)(C)c3ccccc3-4)cc21. The summed E-state index contributed by atoms with van der Waals surface area (Å²) in [6.45, 7) is 10.1. The molecule has 0 unspecified atom stereocenters. The first-order valence-corrected chi connectivity index (χ1v) is 22.7. The Morgan fingerprint density at radius 3 is 1.72 bits per heavy atom. The number of hydrogen-bond donors (Lipinski definition) is 1. The van der Waals surface area contributed by atoms with Gasteiger partial charge in [0.05, 0.1) is 14.6 Å². The normalized spacial score (nSPS) is 15.2. The van der Waals surface area contributed by atoms with E-state index >= 15 is 0 Å². The summed E-state index contributed by atoms with van der Waals surface area (Å²) in [6, 6.07) is 46.7. The van der Waals surface area contributed by atoms with Crippen molar-refractivity contribution in [3.8, 4) is 60.0 Å². The van der Waals surface area contributed by atoms with Crippen molar-refractivity contribution in [3.05, 3.63) is 154 Å². The van der Waals surface area contributed by atoms with Crippen molar-refractivity contribution in [2.45, 2.75) is 38.5 Å². The summed E-state index contributed by atoms with van der Waals surface area (Å²) < 4.78 is 14.3. The summed E-state index contributed by atoms with van der Waals surface area (Å²) in [6.07, 6.45) is 1.37. The molecule has 11 rings (SSSR count). The third-order valence-electron chi connectivity index (χ3n) is 12.5. The summed E-state index contributed by atoms with van der Waals surface area (Å²) in [7, 11) is 0. The minimum Gasteiger partial charge on any atom is -0.485 e. The first kappa shape index (κ1) is 37.6. The van der Waals surface area contributed by atoms with Crippen molar-refractivity contribution in [1.29, 1.82) is 5.26 Å². The van der Waals surface area contributed by atoms with Crippen LogP contribution < -0.4 is 14.4 Å². The third kappa shape index (κ3) is 5.81. The average molecular weight is 851 g/mol. The molecule has 298 valence electrons. The molecule has 0 spiro atoms. The molecule has 0 saturated carbocycles. The highest BCUT2D eigenvalue weighted by Crippen LogP contribution is 2.55. The molecule has 1 N–H and O–H groups in total. The van der Waals surface area contributed by atoms with Crippen LogP contribution in [-0.4, -0.2) is 24.3 Å². The molecule has 3 aliphatic rings. The molecular formula is C52H38N2O4S3. The van der Waals surface area contributed by atoms with Gasteiger partial charge in [-0.25, -0.2) is 4.79 Å². The minimum atomic E-state index is -1.27. The summed E-state index contributed by atoms with van der Waals surface area (Å²) >= 11 is 4.80. The number of benzene rings is 5. The van der Waals surface area contributed by atoms with E-state index in [0.29, 0.717) is 29.6 Å². The molecule has 6 nitrogen and oxygen atoms in total. The number of ether oxygens (including phenoxy) is 2. The predicted octanol–water partition coefficient (Wildman–Crippen LogP) is 14.2. The van der Waals surface area contributed by atoms with Gasteiger partial charge in [0.25, 0.3) is 0 Å². The van der Waals surface area contributed by atoms with Gasteiger partial charge in [0.1, 0.15) is 24.9 Å². The first-order valence-electron chi connectivity index (χ1n) is 20.2. The van der Waals surface area contributed by atoms with Crippen LogP contribution in [0.1, 0.15) is 54.8 Å². The number of nitrogens with zero attached hydrogens (tertiary/aromatic N) is 2. The van der Waals surface area contributed by atoms with Crippen LogP contribution in [0.25, 0.3) is 57.9 Å². The smallest absolute Gasteiger partial charge is 0.346 e. The van der Waals surface area contributed by atoms with Crippen LogP contribution in [0.4, 0.5) is 17.1 Å². The van der Waals surface area contributed by atoms with E-state index in [9.17, 15) is 15.2 Å². The van der Waals surface area contributed by atoms with Gasteiger partial charge in [0, 0.05) is 42.2 Å². The summed E-state index contributed by atoms with van der Waals surface area (Å²) in [5.41, 5.74) is 14.5. The number of aliphatic carboxylic acids is 1. The molecule has 5 aromatic carbocycles. The third-order valence-corrected chi connectivity index (χ3v) is 16.2. The molecule has 4 heterocycles. The molecule has 1 aliphatic heterocycles. The van der Waals surface area contributed by atoms with Gasteiger partial charge in [-0.05, 0) is 105 Å². The van der Waals surface area contributed by atoms with E-state index < -0.39 is 5.97 Å².